The highest BCUT2D eigenvalue weighted by Gasteiger charge is 2.38. The van der Waals surface area contributed by atoms with Gasteiger partial charge in [0.2, 0.25) is 0 Å². The Balaban J connectivity index is 1.21. The summed E-state index contributed by atoms with van der Waals surface area (Å²) in [5.74, 6) is -0.902. The summed E-state index contributed by atoms with van der Waals surface area (Å²) >= 11 is 0. The van der Waals surface area contributed by atoms with Crippen LogP contribution in [0, 0.1) is 0 Å². The average Bonchev–Trinajstić information content (AvgIpc) is 4.26. The summed E-state index contributed by atoms with van der Waals surface area (Å²) in [4.78, 5) is 38.3. The van der Waals surface area contributed by atoms with Crippen LogP contribution in [0.15, 0.2) is 0 Å². The molecule has 3 fully saturated rings. The van der Waals surface area contributed by atoms with Gasteiger partial charge in [-0.2, -0.15) is 0 Å². The Morgan fingerprint density at radius 1 is 0.318 bits per heavy atom. The first kappa shape index (κ1) is 58.6. The molecule has 9 heteroatoms. The number of unbranched alkanes of at least 4 members (excludes halogenated alkanes) is 27. The summed E-state index contributed by atoms with van der Waals surface area (Å²) in [5, 5.41) is 0. The lowest BCUT2D eigenvalue weighted by Crippen LogP contribution is -2.30. The molecule has 6 atom stereocenters. The van der Waals surface area contributed by atoms with Gasteiger partial charge in [0.05, 0.1) is 36.6 Å². The summed E-state index contributed by atoms with van der Waals surface area (Å²) in [6, 6.07) is 0. The first-order chi connectivity index (χ1) is 32.4. The predicted molar refractivity (Wildman–Crippen MR) is 269 cm³/mol. The van der Waals surface area contributed by atoms with E-state index in [4.69, 9.17) is 28.4 Å². The van der Waals surface area contributed by atoms with Crippen molar-refractivity contribution in [2.45, 2.75) is 333 Å². The highest BCUT2D eigenvalue weighted by molar-refractivity contribution is 5.71. The van der Waals surface area contributed by atoms with E-state index < -0.39 is 6.10 Å². The van der Waals surface area contributed by atoms with Gasteiger partial charge < -0.3 is 28.4 Å². The fourth-order valence-electron chi connectivity index (χ4n) is 9.75. The van der Waals surface area contributed by atoms with E-state index >= 15 is 0 Å². The molecule has 386 valence electrons. The number of esters is 3. The number of rotatable bonds is 50. The molecule has 3 rings (SSSR count). The van der Waals surface area contributed by atoms with Gasteiger partial charge in [-0.1, -0.05) is 213 Å². The minimum absolute atomic E-state index is 0.0865. The number of carbonyl (C=O) groups excluding carboxylic acids is 3. The first-order valence-corrected chi connectivity index (χ1v) is 28.9. The maximum absolute atomic E-state index is 12.9. The second kappa shape index (κ2) is 40.1. The first-order valence-electron chi connectivity index (χ1n) is 28.9. The van der Waals surface area contributed by atoms with Crippen molar-refractivity contribution < 1.29 is 42.8 Å². The van der Waals surface area contributed by atoms with Crippen LogP contribution >= 0.6 is 0 Å². The molecule has 9 nitrogen and oxygen atoms in total. The van der Waals surface area contributed by atoms with Crippen molar-refractivity contribution in [3.8, 4) is 0 Å². The van der Waals surface area contributed by atoms with E-state index in [0.717, 1.165) is 57.8 Å². The van der Waals surface area contributed by atoms with Gasteiger partial charge >= 0.3 is 17.9 Å². The third-order valence-electron chi connectivity index (χ3n) is 14.4. The summed E-state index contributed by atoms with van der Waals surface area (Å²) in [6.45, 7) is 6.61. The van der Waals surface area contributed by atoms with Crippen LogP contribution in [0.3, 0.4) is 0 Å². The molecule has 0 radical (unpaired) electrons. The maximum atomic E-state index is 12.9. The standard InChI is InChI=1S/C57H104O9/c1-4-7-10-19-28-37-49-52(64-49)40-31-22-13-16-25-34-43-55(58)61-46-48(63-57(60)45-36-27-18-15-24-33-42-54-51(66-54)39-30-21-12-9-6-3)47-62-56(59)44-35-26-17-14-23-32-41-53-50(65-53)38-29-20-11-8-5-2/h48-54H,4-47H2,1-3H3. The molecule has 0 aromatic heterocycles. The topological polar surface area (TPSA) is 116 Å². The highest BCUT2D eigenvalue weighted by atomic mass is 16.6. The summed E-state index contributed by atoms with van der Waals surface area (Å²) in [5.41, 5.74) is 0. The molecular formula is C57H104O9. The van der Waals surface area contributed by atoms with Crippen molar-refractivity contribution in [1.29, 1.82) is 0 Å². The molecule has 0 aromatic rings. The number of carbonyl (C=O) groups is 3. The van der Waals surface area contributed by atoms with Crippen LogP contribution in [0.25, 0.3) is 0 Å². The molecule has 0 spiro atoms. The number of hydrogen-bond donors (Lipinski definition) is 0. The zero-order valence-corrected chi connectivity index (χ0v) is 43.3. The van der Waals surface area contributed by atoms with Gasteiger partial charge in [-0.15, -0.1) is 0 Å². The normalized spacial score (nSPS) is 21.1. The Labute approximate surface area is 405 Å². The molecular weight excluding hydrogens is 829 g/mol. The van der Waals surface area contributed by atoms with Crippen molar-refractivity contribution in [2.75, 3.05) is 13.2 Å². The van der Waals surface area contributed by atoms with Crippen molar-refractivity contribution in [3.05, 3.63) is 0 Å². The highest BCUT2D eigenvalue weighted by Crippen LogP contribution is 2.34. The van der Waals surface area contributed by atoms with Gasteiger partial charge in [0.1, 0.15) is 13.2 Å². The van der Waals surface area contributed by atoms with Crippen molar-refractivity contribution in [3.63, 3.8) is 0 Å². The number of hydrogen-bond acceptors (Lipinski definition) is 9. The smallest absolute Gasteiger partial charge is 0.306 e. The monoisotopic (exact) mass is 933 g/mol. The zero-order valence-electron chi connectivity index (χ0n) is 43.3. The van der Waals surface area contributed by atoms with Crippen LogP contribution in [0.2, 0.25) is 0 Å². The Morgan fingerprint density at radius 3 is 0.818 bits per heavy atom. The van der Waals surface area contributed by atoms with Gasteiger partial charge in [-0.3, -0.25) is 14.4 Å². The van der Waals surface area contributed by atoms with E-state index in [2.05, 4.69) is 20.8 Å². The SMILES string of the molecule is CCCCCCCC1OC1CCCCCCCCC(=O)OCC(COC(=O)CCCCCCCCC1OC1CCCCCCC)OC(=O)CCCCCCCCC1OC1CCCCCCC. The summed E-state index contributed by atoms with van der Waals surface area (Å²) < 4.78 is 34.6. The van der Waals surface area contributed by atoms with Crippen LogP contribution in [0.1, 0.15) is 290 Å². The van der Waals surface area contributed by atoms with Gasteiger partial charge in [0.15, 0.2) is 6.10 Å². The van der Waals surface area contributed by atoms with E-state index in [1.165, 1.54) is 193 Å². The molecule has 3 saturated heterocycles. The molecule has 6 unspecified atom stereocenters. The molecule has 3 aliphatic heterocycles. The average molecular weight is 933 g/mol. The summed E-state index contributed by atoms with van der Waals surface area (Å²) in [6.07, 6.45) is 49.8. The third kappa shape index (κ3) is 32.9. The Kier molecular flexibility index (Phi) is 35.6. The quantitative estimate of drug-likeness (QED) is 0.0254. The molecule has 0 saturated carbocycles. The Hall–Kier alpha value is -1.71. The largest absolute Gasteiger partial charge is 0.462 e. The lowest BCUT2D eigenvalue weighted by molar-refractivity contribution is -0.167. The lowest BCUT2D eigenvalue weighted by atomic mass is 10.0. The van der Waals surface area contributed by atoms with Crippen LogP contribution in [-0.4, -0.2) is 73.8 Å². The van der Waals surface area contributed by atoms with Crippen molar-refractivity contribution in [2.24, 2.45) is 0 Å². The minimum atomic E-state index is -0.789. The summed E-state index contributed by atoms with van der Waals surface area (Å²) in [7, 11) is 0. The molecule has 3 aliphatic rings. The molecule has 3 heterocycles. The van der Waals surface area contributed by atoms with E-state index in [0.29, 0.717) is 55.9 Å². The molecule has 0 bridgehead atoms. The Bertz CT molecular complexity index is 1120. The van der Waals surface area contributed by atoms with Crippen LogP contribution in [0.4, 0.5) is 0 Å². The molecule has 66 heavy (non-hydrogen) atoms. The maximum Gasteiger partial charge on any atom is 0.306 e. The lowest BCUT2D eigenvalue weighted by Gasteiger charge is -2.18. The fourth-order valence-corrected chi connectivity index (χ4v) is 9.75. The third-order valence-corrected chi connectivity index (χ3v) is 14.4. The van der Waals surface area contributed by atoms with Crippen LogP contribution in [0.5, 0.6) is 0 Å². The van der Waals surface area contributed by atoms with Crippen molar-refractivity contribution in [1.82, 2.24) is 0 Å². The van der Waals surface area contributed by atoms with Crippen molar-refractivity contribution >= 4 is 17.9 Å². The van der Waals surface area contributed by atoms with E-state index in [-0.39, 0.29) is 31.1 Å². The second-order valence-electron chi connectivity index (χ2n) is 20.7. The van der Waals surface area contributed by atoms with E-state index in [1.54, 1.807) is 0 Å². The number of ether oxygens (including phenoxy) is 6. The van der Waals surface area contributed by atoms with Gasteiger partial charge in [-0.25, -0.2) is 0 Å². The number of epoxide rings is 3. The van der Waals surface area contributed by atoms with Gasteiger partial charge in [0, 0.05) is 19.3 Å². The van der Waals surface area contributed by atoms with E-state index in [1.807, 2.05) is 0 Å². The fraction of sp³-hybridized carbons (Fsp3) is 0.947. The molecule has 0 aromatic carbocycles. The van der Waals surface area contributed by atoms with Crippen LogP contribution in [-0.2, 0) is 42.8 Å². The van der Waals surface area contributed by atoms with E-state index in [9.17, 15) is 14.4 Å². The molecule has 0 N–H and O–H groups in total. The molecule has 0 aliphatic carbocycles. The van der Waals surface area contributed by atoms with Crippen LogP contribution < -0.4 is 0 Å². The second-order valence-corrected chi connectivity index (χ2v) is 20.7. The Morgan fingerprint density at radius 2 is 0.545 bits per heavy atom. The van der Waals surface area contributed by atoms with Gasteiger partial charge in [-0.05, 0) is 57.8 Å². The predicted octanol–water partition coefficient (Wildman–Crippen LogP) is 15.7. The minimum Gasteiger partial charge on any atom is -0.462 e. The zero-order chi connectivity index (χ0) is 47.1. The molecule has 0 amide bonds. The van der Waals surface area contributed by atoms with Gasteiger partial charge in [0.25, 0.3) is 0 Å².